The third-order valence-corrected chi connectivity index (χ3v) is 4.15. The summed E-state index contributed by atoms with van der Waals surface area (Å²) in [6.07, 6.45) is 4.81. The zero-order valence-electron chi connectivity index (χ0n) is 11.2. The van der Waals surface area contributed by atoms with E-state index in [9.17, 15) is 4.79 Å². The highest BCUT2D eigenvalue weighted by atomic mass is 35.5. The van der Waals surface area contributed by atoms with Gasteiger partial charge in [0, 0.05) is 19.8 Å². The monoisotopic (exact) mass is 292 g/mol. The van der Waals surface area contributed by atoms with Gasteiger partial charge < -0.3 is 4.74 Å². The van der Waals surface area contributed by atoms with E-state index >= 15 is 0 Å². The maximum absolute atomic E-state index is 12.4. The Hall–Kier alpha value is -1.39. The van der Waals surface area contributed by atoms with Crippen LogP contribution in [0.3, 0.4) is 0 Å². The molecule has 1 aromatic carbocycles. The lowest BCUT2D eigenvalue weighted by Crippen LogP contribution is -2.21. The summed E-state index contributed by atoms with van der Waals surface area (Å²) in [7, 11) is 0. The topological polar surface area (TPSA) is 44.1 Å². The van der Waals surface area contributed by atoms with Gasteiger partial charge in [0.2, 0.25) is 0 Å². The lowest BCUT2D eigenvalue weighted by Gasteiger charge is -2.09. The molecular weight excluding hydrogens is 276 g/mol. The SMILES string of the molecule is O=c1c2c(Cl)cccc2ncn1CCC[C@@H]1CCOC1. The van der Waals surface area contributed by atoms with E-state index in [1.165, 1.54) is 0 Å². The highest BCUT2D eigenvalue weighted by molar-refractivity contribution is 6.35. The Morgan fingerprint density at radius 1 is 1.45 bits per heavy atom. The van der Waals surface area contributed by atoms with Crippen molar-refractivity contribution in [3.63, 3.8) is 0 Å². The Morgan fingerprint density at radius 2 is 2.35 bits per heavy atom. The minimum Gasteiger partial charge on any atom is -0.381 e. The molecule has 20 heavy (non-hydrogen) atoms. The molecule has 4 nitrogen and oxygen atoms in total. The fraction of sp³-hybridized carbons (Fsp3) is 0.467. The van der Waals surface area contributed by atoms with Crippen molar-refractivity contribution in [2.75, 3.05) is 13.2 Å². The molecule has 1 atom stereocenters. The molecule has 0 saturated carbocycles. The van der Waals surface area contributed by atoms with Gasteiger partial charge in [-0.25, -0.2) is 4.98 Å². The zero-order chi connectivity index (χ0) is 13.9. The quantitative estimate of drug-likeness (QED) is 0.870. The molecule has 2 aromatic rings. The van der Waals surface area contributed by atoms with Crippen LogP contribution in [0.5, 0.6) is 0 Å². The van der Waals surface area contributed by atoms with E-state index in [-0.39, 0.29) is 5.56 Å². The van der Waals surface area contributed by atoms with Gasteiger partial charge in [0.15, 0.2) is 0 Å². The highest BCUT2D eigenvalue weighted by Crippen LogP contribution is 2.19. The Bertz CT molecular complexity index is 662. The number of benzene rings is 1. The first-order chi connectivity index (χ1) is 9.75. The number of nitrogens with zero attached hydrogens (tertiary/aromatic N) is 2. The van der Waals surface area contributed by atoms with E-state index < -0.39 is 0 Å². The van der Waals surface area contributed by atoms with Crippen LogP contribution in [0, 0.1) is 5.92 Å². The first kappa shape index (κ1) is 13.6. The molecule has 0 unspecified atom stereocenters. The maximum Gasteiger partial charge on any atom is 0.262 e. The largest absolute Gasteiger partial charge is 0.381 e. The molecule has 0 N–H and O–H groups in total. The summed E-state index contributed by atoms with van der Waals surface area (Å²) in [4.78, 5) is 16.7. The van der Waals surface area contributed by atoms with Crippen molar-refractivity contribution in [2.24, 2.45) is 5.92 Å². The molecule has 1 fully saturated rings. The zero-order valence-corrected chi connectivity index (χ0v) is 12.0. The first-order valence-corrected chi connectivity index (χ1v) is 7.35. The normalized spacial score (nSPS) is 18.8. The molecule has 1 aliphatic heterocycles. The summed E-state index contributed by atoms with van der Waals surface area (Å²) < 4.78 is 7.02. The molecule has 0 bridgehead atoms. The second-order valence-electron chi connectivity index (χ2n) is 5.25. The molecule has 1 saturated heterocycles. The second-order valence-corrected chi connectivity index (χ2v) is 5.66. The number of rotatable bonds is 4. The molecule has 3 rings (SSSR count). The van der Waals surface area contributed by atoms with Crippen LogP contribution in [-0.2, 0) is 11.3 Å². The van der Waals surface area contributed by atoms with Crippen LogP contribution < -0.4 is 5.56 Å². The minimum absolute atomic E-state index is 0.0525. The lowest BCUT2D eigenvalue weighted by atomic mass is 10.0. The number of aryl methyl sites for hydroxylation is 1. The van der Waals surface area contributed by atoms with Crippen LogP contribution in [0.1, 0.15) is 19.3 Å². The van der Waals surface area contributed by atoms with Gasteiger partial charge in [-0.15, -0.1) is 0 Å². The van der Waals surface area contributed by atoms with Gasteiger partial charge in [-0.3, -0.25) is 9.36 Å². The second kappa shape index (κ2) is 5.94. The molecule has 0 spiro atoms. The van der Waals surface area contributed by atoms with Crippen molar-refractivity contribution in [1.29, 1.82) is 0 Å². The van der Waals surface area contributed by atoms with E-state index in [0.29, 0.717) is 28.4 Å². The Morgan fingerprint density at radius 3 is 3.15 bits per heavy atom. The Kier molecular flexibility index (Phi) is 4.03. The Balaban J connectivity index is 1.76. The average molecular weight is 293 g/mol. The van der Waals surface area contributed by atoms with Gasteiger partial charge >= 0.3 is 0 Å². The molecule has 106 valence electrons. The van der Waals surface area contributed by atoms with Crippen molar-refractivity contribution < 1.29 is 4.74 Å². The lowest BCUT2D eigenvalue weighted by molar-refractivity contribution is 0.183. The summed E-state index contributed by atoms with van der Waals surface area (Å²) in [5.74, 6) is 0.641. The van der Waals surface area contributed by atoms with E-state index in [1.54, 1.807) is 17.0 Å². The number of hydrogen-bond acceptors (Lipinski definition) is 3. The first-order valence-electron chi connectivity index (χ1n) is 6.97. The van der Waals surface area contributed by atoms with Crippen LogP contribution >= 0.6 is 11.6 Å². The van der Waals surface area contributed by atoms with Gasteiger partial charge in [-0.2, -0.15) is 0 Å². The predicted molar refractivity (Wildman–Crippen MR) is 79.2 cm³/mol. The van der Waals surface area contributed by atoms with Crippen LogP contribution in [0.4, 0.5) is 0 Å². The molecule has 0 aliphatic carbocycles. The van der Waals surface area contributed by atoms with E-state index in [0.717, 1.165) is 32.5 Å². The summed E-state index contributed by atoms with van der Waals surface area (Å²) in [5.41, 5.74) is 0.603. The van der Waals surface area contributed by atoms with Gasteiger partial charge in [-0.1, -0.05) is 17.7 Å². The number of ether oxygens (including phenoxy) is 1. The summed E-state index contributed by atoms with van der Waals surface area (Å²) >= 11 is 6.10. The third kappa shape index (κ3) is 2.72. The number of aromatic nitrogens is 2. The maximum atomic E-state index is 12.4. The fourth-order valence-corrected chi connectivity index (χ4v) is 2.93. The Labute approximate surface area is 122 Å². The van der Waals surface area contributed by atoms with Crippen LogP contribution in [0.15, 0.2) is 29.3 Å². The van der Waals surface area contributed by atoms with E-state index in [2.05, 4.69) is 4.98 Å². The van der Waals surface area contributed by atoms with Gasteiger partial charge in [-0.05, 0) is 37.3 Å². The average Bonchev–Trinajstić information content (AvgIpc) is 2.95. The predicted octanol–water partition coefficient (Wildman–Crippen LogP) is 2.87. The van der Waals surface area contributed by atoms with E-state index in [4.69, 9.17) is 16.3 Å². The third-order valence-electron chi connectivity index (χ3n) is 3.84. The molecule has 0 radical (unpaired) electrons. The standard InChI is InChI=1S/C15H17ClN2O2/c16-12-4-1-5-13-14(12)15(19)18(10-17-13)7-2-3-11-6-8-20-9-11/h1,4-5,10-11H,2-3,6-9H2/t11-/m1/s1. The minimum atomic E-state index is -0.0525. The van der Waals surface area contributed by atoms with Crippen molar-refractivity contribution in [3.05, 3.63) is 39.9 Å². The summed E-state index contributed by atoms with van der Waals surface area (Å²) in [6.45, 7) is 2.41. The van der Waals surface area contributed by atoms with Gasteiger partial charge in [0.1, 0.15) is 0 Å². The summed E-state index contributed by atoms with van der Waals surface area (Å²) in [6, 6.07) is 5.34. The van der Waals surface area contributed by atoms with E-state index in [1.807, 2.05) is 12.1 Å². The fourth-order valence-electron chi connectivity index (χ4n) is 2.68. The number of halogens is 1. The smallest absolute Gasteiger partial charge is 0.262 e. The number of fused-ring (bicyclic) bond motifs is 1. The van der Waals surface area contributed by atoms with Crippen LogP contribution in [0.2, 0.25) is 5.02 Å². The molecule has 2 heterocycles. The van der Waals surface area contributed by atoms with Gasteiger partial charge in [0.25, 0.3) is 5.56 Å². The molecule has 0 amide bonds. The van der Waals surface area contributed by atoms with Crippen molar-refractivity contribution >= 4 is 22.5 Å². The number of hydrogen-bond donors (Lipinski definition) is 0. The molecule has 5 heteroatoms. The molecule has 1 aromatic heterocycles. The van der Waals surface area contributed by atoms with Crippen molar-refractivity contribution in [3.8, 4) is 0 Å². The highest BCUT2D eigenvalue weighted by Gasteiger charge is 2.15. The molecular formula is C15H17ClN2O2. The van der Waals surface area contributed by atoms with Crippen molar-refractivity contribution in [2.45, 2.75) is 25.8 Å². The van der Waals surface area contributed by atoms with Crippen LogP contribution in [0.25, 0.3) is 10.9 Å². The molecule has 1 aliphatic rings. The van der Waals surface area contributed by atoms with Gasteiger partial charge in [0.05, 0.1) is 22.3 Å². The van der Waals surface area contributed by atoms with Crippen molar-refractivity contribution in [1.82, 2.24) is 9.55 Å². The summed E-state index contributed by atoms with van der Waals surface area (Å²) in [5, 5.41) is 0.986. The van der Waals surface area contributed by atoms with Crippen LogP contribution in [-0.4, -0.2) is 22.8 Å².